The molecule has 2 rings (SSSR count). The summed E-state index contributed by atoms with van der Waals surface area (Å²) in [6.45, 7) is 0.442. The minimum absolute atomic E-state index is 0.144. The third kappa shape index (κ3) is 3.53. The molecule has 1 aromatic carbocycles. The lowest BCUT2D eigenvalue weighted by Gasteiger charge is -2.28. The van der Waals surface area contributed by atoms with Crippen molar-refractivity contribution in [2.24, 2.45) is 5.41 Å². The number of likely N-dealkylation sites (tertiary alicyclic amines) is 1. The Balaban J connectivity index is 1.99. The summed E-state index contributed by atoms with van der Waals surface area (Å²) in [6.07, 6.45) is -6.52. The number of carboxylic acids is 1. The minimum Gasteiger partial charge on any atom is -0.481 e. The van der Waals surface area contributed by atoms with E-state index in [0.29, 0.717) is 0 Å². The number of alkyl halides is 3. The molecule has 2 unspecified atom stereocenters. The van der Waals surface area contributed by atoms with Crippen molar-refractivity contribution in [3.63, 3.8) is 0 Å². The van der Waals surface area contributed by atoms with Crippen LogP contribution in [-0.4, -0.2) is 47.3 Å². The quantitative estimate of drug-likeness (QED) is 0.890. The molecule has 8 heteroatoms. The van der Waals surface area contributed by atoms with E-state index >= 15 is 0 Å². The van der Waals surface area contributed by atoms with Crippen LogP contribution in [0, 0.1) is 5.41 Å². The van der Waals surface area contributed by atoms with Crippen LogP contribution in [0.25, 0.3) is 0 Å². The number of ether oxygens (including phenoxy) is 1. The number of hydrogen-bond acceptors (Lipinski definition) is 3. The fraction of sp³-hybridized carbons (Fsp3) is 0.500. The molecule has 0 bridgehead atoms. The van der Waals surface area contributed by atoms with Gasteiger partial charge in [0.2, 0.25) is 0 Å². The van der Waals surface area contributed by atoms with Crippen molar-refractivity contribution in [1.29, 1.82) is 0 Å². The van der Waals surface area contributed by atoms with Gasteiger partial charge in [0.25, 0.3) is 5.91 Å². The number of amides is 1. The number of aliphatic carboxylic acids is 1. The van der Waals surface area contributed by atoms with E-state index in [9.17, 15) is 22.8 Å². The Morgan fingerprint density at radius 3 is 2.46 bits per heavy atom. The molecule has 0 spiro atoms. The first kappa shape index (κ1) is 18.3. The van der Waals surface area contributed by atoms with Crippen molar-refractivity contribution in [1.82, 2.24) is 4.90 Å². The first-order valence-electron chi connectivity index (χ1n) is 7.42. The first-order valence-corrected chi connectivity index (χ1v) is 7.42. The number of rotatable bonds is 5. The summed E-state index contributed by atoms with van der Waals surface area (Å²) < 4.78 is 44.8. The van der Waals surface area contributed by atoms with Gasteiger partial charge in [0, 0.05) is 13.1 Å². The van der Waals surface area contributed by atoms with Gasteiger partial charge in [-0.2, -0.15) is 13.2 Å². The van der Waals surface area contributed by atoms with E-state index in [4.69, 9.17) is 9.84 Å². The Labute approximate surface area is 137 Å². The molecule has 0 aliphatic carbocycles. The summed E-state index contributed by atoms with van der Waals surface area (Å²) in [5.41, 5.74) is -2.07. The zero-order valence-electron chi connectivity index (χ0n) is 13.0. The number of carboxylic acid groups (broad SMARTS) is 1. The van der Waals surface area contributed by atoms with E-state index in [1.165, 1.54) is 6.92 Å². The first-order chi connectivity index (χ1) is 11.2. The lowest BCUT2D eigenvalue weighted by Crippen LogP contribution is -2.48. The average Bonchev–Trinajstić information content (AvgIpc) is 2.99. The van der Waals surface area contributed by atoms with Gasteiger partial charge in [0.15, 0.2) is 5.41 Å². The maximum Gasteiger partial charge on any atom is 0.406 e. The zero-order chi connectivity index (χ0) is 18.0. The van der Waals surface area contributed by atoms with Gasteiger partial charge in [-0.15, -0.1) is 0 Å². The molecule has 1 saturated heterocycles. The molecule has 1 aromatic rings. The highest BCUT2D eigenvalue weighted by Crippen LogP contribution is 2.45. The van der Waals surface area contributed by atoms with Crippen LogP contribution in [0.1, 0.15) is 18.9 Å². The molecule has 1 N–H and O–H groups in total. The molecule has 1 fully saturated rings. The summed E-state index contributed by atoms with van der Waals surface area (Å²) in [5.74, 6) is -2.60. The van der Waals surface area contributed by atoms with Crippen molar-refractivity contribution < 1.29 is 32.6 Å². The van der Waals surface area contributed by atoms with E-state index in [0.717, 1.165) is 10.5 Å². The summed E-state index contributed by atoms with van der Waals surface area (Å²) in [4.78, 5) is 24.3. The fourth-order valence-electron chi connectivity index (χ4n) is 2.65. The van der Waals surface area contributed by atoms with Gasteiger partial charge >= 0.3 is 12.1 Å². The van der Waals surface area contributed by atoms with Crippen LogP contribution in [0.5, 0.6) is 0 Å². The van der Waals surface area contributed by atoms with Gasteiger partial charge in [-0.05, 0) is 18.9 Å². The summed E-state index contributed by atoms with van der Waals surface area (Å²) in [6, 6.07) is 9.02. The standard InChI is InChI=1S/C16H18F3NO4/c1-11(24-9-12-5-3-2-4-6-12)13(21)20-8-7-15(10-20,14(22)23)16(17,18)19/h2-6,11H,7-10H2,1H3,(H,22,23). The lowest BCUT2D eigenvalue weighted by atomic mass is 9.86. The topological polar surface area (TPSA) is 66.8 Å². The van der Waals surface area contributed by atoms with Gasteiger partial charge in [-0.25, -0.2) is 0 Å². The second-order valence-electron chi connectivity index (χ2n) is 5.83. The number of hydrogen-bond donors (Lipinski definition) is 1. The number of carbonyl (C=O) groups excluding carboxylic acids is 1. The third-order valence-electron chi connectivity index (χ3n) is 4.22. The summed E-state index contributed by atoms with van der Waals surface area (Å²) >= 11 is 0. The highest BCUT2D eigenvalue weighted by Gasteiger charge is 2.64. The van der Waals surface area contributed by atoms with Crippen LogP contribution >= 0.6 is 0 Å². The Morgan fingerprint density at radius 2 is 1.96 bits per heavy atom. The van der Waals surface area contributed by atoms with Crippen LogP contribution in [-0.2, 0) is 20.9 Å². The molecular formula is C16H18F3NO4. The Bertz CT molecular complexity index is 605. The Morgan fingerprint density at radius 1 is 1.33 bits per heavy atom. The van der Waals surface area contributed by atoms with Crippen LogP contribution < -0.4 is 0 Å². The van der Waals surface area contributed by atoms with Crippen molar-refractivity contribution in [2.45, 2.75) is 32.2 Å². The maximum atomic E-state index is 13.1. The molecular weight excluding hydrogens is 327 g/mol. The minimum atomic E-state index is -4.91. The van der Waals surface area contributed by atoms with Crippen LogP contribution in [0.15, 0.2) is 30.3 Å². The summed E-state index contributed by atoms with van der Waals surface area (Å²) in [7, 11) is 0. The molecule has 0 radical (unpaired) electrons. The molecule has 24 heavy (non-hydrogen) atoms. The van der Waals surface area contributed by atoms with Crippen LogP contribution in [0.4, 0.5) is 13.2 Å². The number of nitrogens with zero attached hydrogens (tertiary/aromatic N) is 1. The highest BCUT2D eigenvalue weighted by molar-refractivity contribution is 5.83. The predicted octanol–water partition coefficient (Wildman–Crippen LogP) is 2.46. The smallest absolute Gasteiger partial charge is 0.406 e. The van der Waals surface area contributed by atoms with Gasteiger partial charge in [0.05, 0.1) is 6.61 Å². The number of halogens is 3. The normalized spacial score (nSPS) is 22.4. The van der Waals surface area contributed by atoms with E-state index in [1.807, 2.05) is 6.07 Å². The van der Waals surface area contributed by atoms with E-state index in [1.54, 1.807) is 24.3 Å². The van der Waals surface area contributed by atoms with Crippen molar-refractivity contribution in [3.05, 3.63) is 35.9 Å². The average molecular weight is 345 g/mol. The molecule has 0 aromatic heterocycles. The highest BCUT2D eigenvalue weighted by atomic mass is 19.4. The number of benzene rings is 1. The lowest BCUT2D eigenvalue weighted by molar-refractivity contribution is -0.227. The second-order valence-corrected chi connectivity index (χ2v) is 5.83. The third-order valence-corrected chi connectivity index (χ3v) is 4.22. The maximum absolute atomic E-state index is 13.1. The Hall–Kier alpha value is -2.09. The van der Waals surface area contributed by atoms with Crippen LogP contribution in [0.2, 0.25) is 0 Å². The summed E-state index contributed by atoms with van der Waals surface area (Å²) in [5, 5.41) is 9.00. The molecule has 5 nitrogen and oxygen atoms in total. The van der Waals surface area contributed by atoms with Crippen LogP contribution in [0.3, 0.4) is 0 Å². The molecule has 1 aliphatic heterocycles. The molecule has 1 heterocycles. The van der Waals surface area contributed by atoms with Gasteiger partial charge in [0.1, 0.15) is 6.10 Å². The van der Waals surface area contributed by atoms with Crippen molar-refractivity contribution in [2.75, 3.05) is 13.1 Å². The van der Waals surface area contributed by atoms with Gasteiger partial charge < -0.3 is 14.7 Å². The van der Waals surface area contributed by atoms with E-state index in [2.05, 4.69) is 0 Å². The van der Waals surface area contributed by atoms with Gasteiger partial charge in [-0.1, -0.05) is 30.3 Å². The Kier molecular flexibility index (Phi) is 5.17. The molecule has 132 valence electrons. The van der Waals surface area contributed by atoms with Crippen molar-refractivity contribution in [3.8, 4) is 0 Å². The van der Waals surface area contributed by atoms with E-state index in [-0.39, 0.29) is 13.2 Å². The fourth-order valence-corrected chi connectivity index (χ4v) is 2.65. The molecule has 1 aliphatic rings. The predicted molar refractivity (Wildman–Crippen MR) is 78.0 cm³/mol. The molecule has 1 amide bonds. The molecule has 0 saturated carbocycles. The number of carbonyl (C=O) groups is 2. The SMILES string of the molecule is CC(OCc1ccccc1)C(=O)N1CCC(C(=O)O)(C(F)(F)F)C1. The van der Waals surface area contributed by atoms with Gasteiger partial charge in [-0.3, -0.25) is 9.59 Å². The molecule has 2 atom stereocenters. The zero-order valence-corrected chi connectivity index (χ0v) is 13.0. The second kappa shape index (κ2) is 6.80. The largest absolute Gasteiger partial charge is 0.481 e. The van der Waals surface area contributed by atoms with Crippen molar-refractivity contribution >= 4 is 11.9 Å². The monoisotopic (exact) mass is 345 g/mol. The van der Waals surface area contributed by atoms with E-state index < -0.39 is 42.5 Å².